The number of carbonyl (C=O) groups is 2. The van der Waals surface area contributed by atoms with E-state index >= 15 is 0 Å². The number of carboxylic acid groups (broad SMARTS) is 1. The van der Waals surface area contributed by atoms with Crippen molar-refractivity contribution in [3.8, 4) is 0 Å². The third-order valence-electron chi connectivity index (χ3n) is 2.64. The van der Waals surface area contributed by atoms with Crippen LogP contribution in [-0.4, -0.2) is 23.1 Å². The molecule has 1 aliphatic heterocycles. The number of nitrogens with one attached hydrogen (secondary N) is 2. The van der Waals surface area contributed by atoms with Gasteiger partial charge in [0.25, 0.3) is 0 Å². The number of carbonyl (C=O) groups excluding carboxylic acids is 1. The highest BCUT2D eigenvalue weighted by Gasteiger charge is 2.34. The van der Waals surface area contributed by atoms with Crippen LogP contribution in [0.1, 0.15) is 18.0 Å². The molecule has 0 aliphatic carbocycles. The number of hydrogen-bond acceptors (Lipinski definition) is 2. The maximum atomic E-state index is 13.1. The molecular weight excluding hydrogens is 227 g/mol. The van der Waals surface area contributed by atoms with Crippen LogP contribution >= 0.6 is 0 Å². The van der Waals surface area contributed by atoms with Crippen LogP contribution in [0.3, 0.4) is 0 Å². The number of rotatable bonds is 2. The van der Waals surface area contributed by atoms with Crippen LogP contribution in [0, 0.1) is 5.82 Å². The minimum Gasteiger partial charge on any atom is -0.465 e. The lowest BCUT2D eigenvalue weighted by Gasteiger charge is -2.18. The standard InChI is InChI=1S/C11H11FN2O3/c12-7-3-1-2-6(4-7)10-8(13-11(16)17)5-9(15)14-10/h1-4,8,10,13H,5H2,(H,14,15)(H,16,17). The molecule has 2 amide bonds. The fraction of sp³-hybridized carbons (Fsp3) is 0.273. The van der Waals surface area contributed by atoms with Gasteiger partial charge < -0.3 is 15.7 Å². The largest absolute Gasteiger partial charge is 0.465 e. The monoisotopic (exact) mass is 238 g/mol. The van der Waals surface area contributed by atoms with E-state index in [2.05, 4.69) is 10.6 Å². The van der Waals surface area contributed by atoms with E-state index in [0.29, 0.717) is 5.56 Å². The smallest absolute Gasteiger partial charge is 0.404 e. The van der Waals surface area contributed by atoms with E-state index in [1.165, 1.54) is 18.2 Å². The van der Waals surface area contributed by atoms with E-state index in [0.717, 1.165) is 0 Å². The van der Waals surface area contributed by atoms with Gasteiger partial charge in [-0.15, -0.1) is 0 Å². The number of hydrogen-bond donors (Lipinski definition) is 3. The third kappa shape index (κ3) is 2.52. The minimum absolute atomic E-state index is 0.0630. The lowest BCUT2D eigenvalue weighted by Crippen LogP contribution is -2.37. The summed E-state index contributed by atoms with van der Waals surface area (Å²) < 4.78 is 13.1. The van der Waals surface area contributed by atoms with Crippen LogP contribution in [-0.2, 0) is 4.79 Å². The van der Waals surface area contributed by atoms with Gasteiger partial charge in [-0.25, -0.2) is 9.18 Å². The van der Waals surface area contributed by atoms with E-state index in [-0.39, 0.29) is 12.3 Å². The Hall–Kier alpha value is -2.11. The highest BCUT2D eigenvalue weighted by molar-refractivity contribution is 5.81. The second-order valence-electron chi connectivity index (χ2n) is 3.86. The van der Waals surface area contributed by atoms with Gasteiger partial charge in [-0.3, -0.25) is 4.79 Å². The van der Waals surface area contributed by atoms with Crippen molar-refractivity contribution >= 4 is 12.0 Å². The van der Waals surface area contributed by atoms with Crippen molar-refractivity contribution in [3.05, 3.63) is 35.6 Å². The molecule has 1 aromatic carbocycles. The van der Waals surface area contributed by atoms with Crippen LogP contribution in [0.5, 0.6) is 0 Å². The molecule has 2 rings (SSSR count). The van der Waals surface area contributed by atoms with Gasteiger partial charge in [-0.2, -0.15) is 0 Å². The molecule has 0 radical (unpaired) electrons. The second-order valence-corrected chi connectivity index (χ2v) is 3.86. The van der Waals surface area contributed by atoms with Crippen LogP contribution in [0.25, 0.3) is 0 Å². The Balaban J connectivity index is 2.23. The van der Waals surface area contributed by atoms with Crippen LogP contribution in [0.2, 0.25) is 0 Å². The molecule has 1 aromatic rings. The molecule has 3 N–H and O–H groups in total. The summed E-state index contributed by atoms with van der Waals surface area (Å²) in [5, 5.41) is 13.5. The zero-order valence-corrected chi connectivity index (χ0v) is 8.81. The van der Waals surface area contributed by atoms with Crippen molar-refractivity contribution in [3.63, 3.8) is 0 Å². The van der Waals surface area contributed by atoms with Crippen molar-refractivity contribution in [2.24, 2.45) is 0 Å². The first-order chi connectivity index (χ1) is 8.06. The van der Waals surface area contributed by atoms with E-state index in [9.17, 15) is 14.0 Å². The quantitative estimate of drug-likeness (QED) is 0.719. The second kappa shape index (κ2) is 4.40. The van der Waals surface area contributed by atoms with Gasteiger partial charge in [0.1, 0.15) is 5.82 Å². The summed E-state index contributed by atoms with van der Waals surface area (Å²) in [7, 11) is 0. The Morgan fingerprint density at radius 1 is 1.53 bits per heavy atom. The molecule has 0 bridgehead atoms. The fourth-order valence-electron chi connectivity index (χ4n) is 1.96. The Morgan fingerprint density at radius 3 is 2.94 bits per heavy atom. The molecule has 6 heteroatoms. The summed E-state index contributed by atoms with van der Waals surface area (Å²) in [6.45, 7) is 0. The molecule has 17 heavy (non-hydrogen) atoms. The van der Waals surface area contributed by atoms with Gasteiger partial charge in [0, 0.05) is 6.42 Å². The Morgan fingerprint density at radius 2 is 2.29 bits per heavy atom. The van der Waals surface area contributed by atoms with E-state index in [1.807, 2.05) is 0 Å². The Bertz CT molecular complexity index is 464. The van der Waals surface area contributed by atoms with Crippen molar-refractivity contribution in [2.75, 3.05) is 0 Å². The summed E-state index contributed by atoms with van der Waals surface area (Å²) in [5.41, 5.74) is 0.551. The third-order valence-corrected chi connectivity index (χ3v) is 2.64. The summed E-state index contributed by atoms with van der Waals surface area (Å²) in [5.74, 6) is -0.671. The lowest BCUT2D eigenvalue weighted by molar-refractivity contribution is -0.119. The molecule has 0 aromatic heterocycles. The van der Waals surface area contributed by atoms with Gasteiger partial charge in [-0.1, -0.05) is 12.1 Å². The van der Waals surface area contributed by atoms with E-state index in [1.54, 1.807) is 6.07 Å². The maximum Gasteiger partial charge on any atom is 0.404 e. The number of benzene rings is 1. The van der Waals surface area contributed by atoms with Crippen LogP contribution in [0.4, 0.5) is 9.18 Å². The van der Waals surface area contributed by atoms with E-state index < -0.39 is 24.0 Å². The normalized spacial score (nSPS) is 23.2. The summed E-state index contributed by atoms with van der Waals surface area (Å²) >= 11 is 0. The Kier molecular flexibility index (Phi) is 2.95. The molecule has 2 unspecified atom stereocenters. The van der Waals surface area contributed by atoms with Gasteiger partial charge in [0.05, 0.1) is 12.1 Å². The zero-order chi connectivity index (χ0) is 12.4. The summed E-state index contributed by atoms with van der Waals surface area (Å²) in [6.07, 6.45) is -1.14. The van der Waals surface area contributed by atoms with Crippen LogP contribution in [0.15, 0.2) is 24.3 Å². The molecular formula is C11H11FN2O3. The van der Waals surface area contributed by atoms with Gasteiger partial charge in [0.2, 0.25) is 5.91 Å². The van der Waals surface area contributed by atoms with Crippen molar-refractivity contribution in [2.45, 2.75) is 18.5 Å². The van der Waals surface area contributed by atoms with E-state index in [4.69, 9.17) is 5.11 Å². The average molecular weight is 238 g/mol. The topological polar surface area (TPSA) is 78.4 Å². The summed E-state index contributed by atoms with van der Waals surface area (Å²) in [4.78, 5) is 21.8. The number of amides is 2. The van der Waals surface area contributed by atoms with Crippen molar-refractivity contribution in [1.29, 1.82) is 0 Å². The first-order valence-electron chi connectivity index (χ1n) is 5.10. The average Bonchev–Trinajstić information content (AvgIpc) is 2.58. The minimum atomic E-state index is -1.20. The highest BCUT2D eigenvalue weighted by Crippen LogP contribution is 2.24. The molecule has 0 saturated carbocycles. The Labute approximate surface area is 96.6 Å². The summed E-state index contributed by atoms with van der Waals surface area (Å²) in [6, 6.07) is 4.66. The lowest BCUT2D eigenvalue weighted by atomic mass is 10.0. The maximum absolute atomic E-state index is 13.1. The fourth-order valence-corrected chi connectivity index (χ4v) is 1.96. The molecule has 5 nitrogen and oxygen atoms in total. The van der Waals surface area contributed by atoms with Crippen molar-refractivity contribution < 1.29 is 19.1 Å². The highest BCUT2D eigenvalue weighted by atomic mass is 19.1. The first-order valence-corrected chi connectivity index (χ1v) is 5.10. The van der Waals surface area contributed by atoms with Crippen molar-refractivity contribution in [1.82, 2.24) is 10.6 Å². The number of halogens is 1. The SMILES string of the molecule is O=C(O)NC1CC(=O)NC1c1cccc(F)c1. The predicted octanol–water partition coefficient (Wildman–Crippen LogP) is 1.02. The predicted molar refractivity (Wildman–Crippen MR) is 56.8 cm³/mol. The molecule has 1 saturated heterocycles. The van der Waals surface area contributed by atoms with Gasteiger partial charge >= 0.3 is 6.09 Å². The molecule has 2 atom stereocenters. The molecule has 1 aliphatic rings. The zero-order valence-electron chi connectivity index (χ0n) is 8.81. The molecule has 90 valence electrons. The molecule has 1 heterocycles. The van der Waals surface area contributed by atoms with Crippen LogP contribution < -0.4 is 10.6 Å². The molecule has 0 spiro atoms. The van der Waals surface area contributed by atoms with Gasteiger partial charge in [0.15, 0.2) is 0 Å². The molecule has 1 fully saturated rings. The van der Waals surface area contributed by atoms with Gasteiger partial charge in [-0.05, 0) is 17.7 Å². The first kappa shape index (κ1) is 11.4.